The minimum atomic E-state index is -0.279. The van der Waals surface area contributed by atoms with E-state index in [1.54, 1.807) is 29.2 Å². The summed E-state index contributed by atoms with van der Waals surface area (Å²) in [5.41, 5.74) is 0.947. The number of carbonyl (C=O) groups excluding carboxylic acids is 1. The number of nitrogens with one attached hydrogen (secondary N) is 1. The van der Waals surface area contributed by atoms with Crippen LogP contribution in [0.3, 0.4) is 0 Å². The fourth-order valence-electron chi connectivity index (χ4n) is 2.19. The van der Waals surface area contributed by atoms with Gasteiger partial charge in [-0.25, -0.2) is 4.79 Å². The Hall–Kier alpha value is -1.75. The maximum absolute atomic E-state index is 12.0. The molecule has 1 aliphatic heterocycles. The van der Waals surface area contributed by atoms with E-state index < -0.39 is 0 Å². The Morgan fingerprint density at radius 3 is 2.47 bits per heavy atom. The number of amides is 2. The van der Waals surface area contributed by atoms with Crippen molar-refractivity contribution in [2.75, 3.05) is 13.1 Å². The summed E-state index contributed by atoms with van der Waals surface area (Å²) in [5.74, 6) is 0.215. The van der Waals surface area contributed by atoms with Gasteiger partial charge in [-0.1, -0.05) is 12.1 Å². The maximum Gasteiger partial charge on any atom is 0.317 e. The molecule has 5 heteroatoms. The van der Waals surface area contributed by atoms with Gasteiger partial charge in [0.2, 0.25) is 0 Å². The van der Waals surface area contributed by atoms with Crippen LogP contribution in [0.4, 0.5) is 4.79 Å². The highest BCUT2D eigenvalue weighted by Gasteiger charge is 2.22. The molecule has 2 amide bonds. The SMILES string of the molecule is C[C@@H](NC(=O)N1CCC(O)CC1)c1ccc(O)cc1. The lowest BCUT2D eigenvalue weighted by Crippen LogP contribution is -2.46. The molecule has 5 nitrogen and oxygen atoms in total. The van der Waals surface area contributed by atoms with E-state index in [1.165, 1.54) is 0 Å². The van der Waals surface area contributed by atoms with Crippen molar-refractivity contribution in [3.05, 3.63) is 29.8 Å². The number of phenols is 1. The van der Waals surface area contributed by atoms with E-state index in [9.17, 15) is 15.0 Å². The number of urea groups is 1. The second-order valence-electron chi connectivity index (χ2n) is 4.98. The highest BCUT2D eigenvalue weighted by molar-refractivity contribution is 5.74. The van der Waals surface area contributed by atoms with Crippen LogP contribution in [0.5, 0.6) is 5.75 Å². The van der Waals surface area contributed by atoms with Crippen molar-refractivity contribution >= 4 is 6.03 Å². The fourth-order valence-corrected chi connectivity index (χ4v) is 2.19. The summed E-state index contributed by atoms with van der Waals surface area (Å²) in [4.78, 5) is 13.8. The molecular formula is C14H20N2O3. The first kappa shape index (κ1) is 13.7. The van der Waals surface area contributed by atoms with Crippen LogP contribution < -0.4 is 5.32 Å². The fraction of sp³-hybridized carbons (Fsp3) is 0.500. The first-order valence-electron chi connectivity index (χ1n) is 6.58. The van der Waals surface area contributed by atoms with Gasteiger partial charge in [0, 0.05) is 13.1 Å². The molecule has 1 saturated heterocycles. The Kier molecular flexibility index (Phi) is 4.27. The van der Waals surface area contributed by atoms with E-state index in [1.807, 2.05) is 6.92 Å². The summed E-state index contributed by atoms with van der Waals surface area (Å²) in [6.07, 6.45) is 1.00. The topological polar surface area (TPSA) is 72.8 Å². The lowest BCUT2D eigenvalue weighted by molar-refractivity contribution is 0.0930. The molecule has 1 fully saturated rings. The van der Waals surface area contributed by atoms with Gasteiger partial charge in [-0.3, -0.25) is 0 Å². The number of piperidine rings is 1. The number of hydrogen-bond donors (Lipinski definition) is 3. The molecule has 0 spiro atoms. The number of carbonyl (C=O) groups is 1. The zero-order chi connectivity index (χ0) is 13.8. The predicted octanol–water partition coefficient (Wildman–Crippen LogP) is 1.62. The van der Waals surface area contributed by atoms with Crippen LogP contribution in [0.25, 0.3) is 0 Å². The Morgan fingerprint density at radius 1 is 1.32 bits per heavy atom. The van der Waals surface area contributed by atoms with Gasteiger partial charge >= 0.3 is 6.03 Å². The van der Waals surface area contributed by atoms with Gasteiger partial charge in [-0.05, 0) is 37.5 Å². The molecule has 1 aromatic carbocycles. The molecule has 2 rings (SSSR count). The summed E-state index contributed by atoms with van der Waals surface area (Å²) < 4.78 is 0. The average molecular weight is 264 g/mol. The maximum atomic E-state index is 12.0. The van der Waals surface area contributed by atoms with Gasteiger partial charge in [0.15, 0.2) is 0 Å². The predicted molar refractivity (Wildman–Crippen MR) is 71.9 cm³/mol. The molecule has 1 atom stereocenters. The highest BCUT2D eigenvalue weighted by atomic mass is 16.3. The Morgan fingerprint density at radius 2 is 1.89 bits per heavy atom. The van der Waals surface area contributed by atoms with E-state index >= 15 is 0 Å². The third-order valence-electron chi connectivity index (χ3n) is 3.48. The first-order valence-corrected chi connectivity index (χ1v) is 6.58. The number of likely N-dealkylation sites (tertiary alicyclic amines) is 1. The minimum absolute atomic E-state index is 0.104. The lowest BCUT2D eigenvalue weighted by atomic mass is 10.1. The van der Waals surface area contributed by atoms with Crippen molar-refractivity contribution in [3.8, 4) is 5.75 Å². The van der Waals surface area contributed by atoms with Crippen LogP contribution in [0.2, 0.25) is 0 Å². The molecule has 1 aliphatic rings. The Balaban J connectivity index is 1.89. The van der Waals surface area contributed by atoms with Gasteiger partial charge in [-0.2, -0.15) is 0 Å². The van der Waals surface area contributed by atoms with Crippen molar-refractivity contribution in [2.45, 2.75) is 31.9 Å². The molecule has 0 aromatic heterocycles. The summed E-state index contributed by atoms with van der Waals surface area (Å²) in [6.45, 7) is 3.09. The number of aliphatic hydroxyl groups excluding tert-OH is 1. The van der Waals surface area contributed by atoms with Gasteiger partial charge in [0.05, 0.1) is 12.1 Å². The van der Waals surface area contributed by atoms with Gasteiger partial charge in [-0.15, -0.1) is 0 Å². The zero-order valence-corrected chi connectivity index (χ0v) is 11.0. The minimum Gasteiger partial charge on any atom is -0.508 e. The molecule has 0 bridgehead atoms. The van der Waals surface area contributed by atoms with E-state index in [0.29, 0.717) is 25.9 Å². The number of benzene rings is 1. The van der Waals surface area contributed by atoms with Crippen molar-refractivity contribution in [2.24, 2.45) is 0 Å². The molecule has 19 heavy (non-hydrogen) atoms. The summed E-state index contributed by atoms with van der Waals surface area (Å²) >= 11 is 0. The molecule has 0 saturated carbocycles. The van der Waals surface area contributed by atoms with E-state index in [0.717, 1.165) is 5.56 Å². The standard InChI is InChI=1S/C14H20N2O3/c1-10(11-2-4-12(17)5-3-11)15-14(19)16-8-6-13(18)7-9-16/h2-5,10,13,17-18H,6-9H2,1H3,(H,15,19)/t10-/m1/s1. The van der Waals surface area contributed by atoms with Gasteiger partial charge in [0.25, 0.3) is 0 Å². The lowest BCUT2D eigenvalue weighted by Gasteiger charge is -2.30. The number of rotatable bonds is 2. The van der Waals surface area contributed by atoms with E-state index in [4.69, 9.17) is 0 Å². The average Bonchev–Trinajstić information content (AvgIpc) is 2.40. The van der Waals surface area contributed by atoms with Crippen LogP contribution in [-0.4, -0.2) is 40.3 Å². The van der Waals surface area contributed by atoms with Crippen molar-refractivity contribution < 1.29 is 15.0 Å². The monoisotopic (exact) mass is 264 g/mol. The molecule has 1 aromatic rings. The third-order valence-corrected chi connectivity index (χ3v) is 3.48. The van der Waals surface area contributed by atoms with Crippen molar-refractivity contribution in [1.29, 1.82) is 0 Å². The quantitative estimate of drug-likeness (QED) is 0.760. The molecule has 1 heterocycles. The largest absolute Gasteiger partial charge is 0.508 e. The zero-order valence-electron chi connectivity index (χ0n) is 11.0. The summed E-state index contributed by atoms with van der Waals surface area (Å²) in [7, 11) is 0. The number of hydrogen-bond acceptors (Lipinski definition) is 3. The van der Waals surface area contributed by atoms with Gasteiger partial charge < -0.3 is 20.4 Å². The molecule has 0 aliphatic carbocycles. The summed E-state index contributed by atoms with van der Waals surface area (Å²) in [5, 5.41) is 21.6. The van der Waals surface area contributed by atoms with Gasteiger partial charge in [0.1, 0.15) is 5.75 Å². The van der Waals surface area contributed by atoms with Crippen molar-refractivity contribution in [1.82, 2.24) is 10.2 Å². The second-order valence-corrected chi connectivity index (χ2v) is 4.98. The molecule has 104 valence electrons. The van der Waals surface area contributed by atoms with Crippen LogP contribution >= 0.6 is 0 Å². The van der Waals surface area contributed by atoms with Crippen LogP contribution in [0.1, 0.15) is 31.4 Å². The van der Waals surface area contributed by atoms with Crippen LogP contribution in [-0.2, 0) is 0 Å². The highest BCUT2D eigenvalue weighted by Crippen LogP contribution is 2.17. The Bertz CT molecular complexity index is 425. The van der Waals surface area contributed by atoms with Crippen LogP contribution in [0, 0.1) is 0 Å². The van der Waals surface area contributed by atoms with Crippen LogP contribution in [0.15, 0.2) is 24.3 Å². The first-order chi connectivity index (χ1) is 9.06. The Labute approximate surface area is 112 Å². The molecular weight excluding hydrogens is 244 g/mol. The van der Waals surface area contributed by atoms with E-state index in [2.05, 4.69) is 5.32 Å². The summed E-state index contributed by atoms with van der Waals surface area (Å²) in [6, 6.07) is 6.58. The number of phenolic OH excluding ortho intramolecular Hbond substituents is 1. The number of aliphatic hydroxyl groups is 1. The smallest absolute Gasteiger partial charge is 0.317 e. The molecule has 0 radical (unpaired) electrons. The normalized spacial score (nSPS) is 18.1. The number of aromatic hydroxyl groups is 1. The molecule has 0 unspecified atom stereocenters. The number of nitrogens with zero attached hydrogens (tertiary/aromatic N) is 1. The molecule has 3 N–H and O–H groups in total. The van der Waals surface area contributed by atoms with E-state index in [-0.39, 0.29) is 23.9 Å². The third kappa shape index (κ3) is 3.61. The second kappa shape index (κ2) is 5.93. The van der Waals surface area contributed by atoms with Crippen molar-refractivity contribution in [3.63, 3.8) is 0 Å².